The van der Waals surface area contributed by atoms with Crippen molar-refractivity contribution < 1.29 is 0 Å². The Morgan fingerprint density at radius 2 is 1.81 bits per heavy atom. The van der Waals surface area contributed by atoms with E-state index in [4.69, 9.17) is 0 Å². The summed E-state index contributed by atoms with van der Waals surface area (Å²) in [5.74, 6) is 0. The van der Waals surface area contributed by atoms with Crippen molar-refractivity contribution in [2.24, 2.45) is 0 Å². The van der Waals surface area contributed by atoms with Gasteiger partial charge in [0.05, 0.1) is 6.33 Å². The number of rotatable bonds is 4. The molecule has 0 bridgehead atoms. The molecule has 0 fully saturated rings. The molecule has 1 N–H and O–H groups in total. The Morgan fingerprint density at radius 1 is 1.05 bits per heavy atom. The number of hydrogen-bond acceptors (Lipinski definition) is 2. The van der Waals surface area contributed by atoms with Gasteiger partial charge in [-0.1, -0.05) is 24.3 Å². The zero-order valence-corrected chi connectivity index (χ0v) is 12.4. The standard InChI is InChI=1S/C18H19N3/c1-14-5-3-6-15(2)18(14)12-20-16-7-4-8-17(11-16)21-10-9-19-13-21/h3-11,13,20H,12H2,1-2H3. The highest BCUT2D eigenvalue weighted by Crippen LogP contribution is 2.18. The van der Waals surface area contributed by atoms with Crippen LogP contribution in [-0.4, -0.2) is 9.55 Å². The van der Waals surface area contributed by atoms with E-state index < -0.39 is 0 Å². The number of hydrogen-bond donors (Lipinski definition) is 1. The lowest BCUT2D eigenvalue weighted by Crippen LogP contribution is -2.04. The zero-order valence-electron chi connectivity index (χ0n) is 12.4. The highest BCUT2D eigenvalue weighted by Gasteiger charge is 2.03. The highest BCUT2D eigenvalue weighted by molar-refractivity contribution is 5.52. The fourth-order valence-electron chi connectivity index (χ4n) is 2.51. The predicted octanol–water partition coefficient (Wildman–Crippen LogP) is 4.10. The van der Waals surface area contributed by atoms with Crippen LogP contribution in [0.4, 0.5) is 5.69 Å². The smallest absolute Gasteiger partial charge is 0.0991 e. The summed E-state index contributed by atoms with van der Waals surface area (Å²) in [7, 11) is 0. The minimum absolute atomic E-state index is 0.839. The number of imidazole rings is 1. The Bertz CT molecular complexity index is 710. The molecule has 0 aliphatic carbocycles. The first-order valence-corrected chi connectivity index (χ1v) is 7.11. The van der Waals surface area contributed by atoms with E-state index in [9.17, 15) is 0 Å². The third-order valence-corrected chi connectivity index (χ3v) is 3.76. The lowest BCUT2D eigenvalue weighted by atomic mass is 10.0. The number of aromatic nitrogens is 2. The molecule has 3 aromatic rings. The van der Waals surface area contributed by atoms with Crippen molar-refractivity contribution in [1.82, 2.24) is 9.55 Å². The minimum atomic E-state index is 0.839. The molecule has 0 aliphatic rings. The average molecular weight is 277 g/mol. The molecule has 1 aromatic heterocycles. The van der Waals surface area contributed by atoms with E-state index in [1.54, 1.807) is 6.20 Å². The van der Waals surface area contributed by atoms with E-state index in [2.05, 4.69) is 66.6 Å². The molecule has 2 aromatic carbocycles. The van der Waals surface area contributed by atoms with Crippen molar-refractivity contribution in [3.05, 3.63) is 77.9 Å². The summed E-state index contributed by atoms with van der Waals surface area (Å²) in [5.41, 5.74) is 6.25. The largest absolute Gasteiger partial charge is 0.381 e. The van der Waals surface area contributed by atoms with Gasteiger partial charge in [0.1, 0.15) is 0 Å². The van der Waals surface area contributed by atoms with Gasteiger partial charge in [-0.25, -0.2) is 4.98 Å². The normalized spacial score (nSPS) is 10.6. The van der Waals surface area contributed by atoms with Crippen LogP contribution >= 0.6 is 0 Å². The summed E-state index contributed by atoms with van der Waals surface area (Å²) in [4.78, 5) is 4.09. The van der Waals surface area contributed by atoms with Crippen LogP contribution in [0.2, 0.25) is 0 Å². The van der Waals surface area contributed by atoms with Gasteiger partial charge >= 0.3 is 0 Å². The summed E-state index contributed by atoms with van der Waals surface area (Å²) in [6, 6.07) is 14.8. The van der Waals surface area contributed by atoms with E-state index in [1.165, 1.54) is 16.7 Å². The summed E-state index contributed by atoms with van der Waals surface area (Å²) >= 11 is 0. The van der Waals surface area contributed by atoms with Gasteiger partial charge in [-0.3, -0.25) is 0 Å². The van der Waals surface area contributed by atoms with E-state index in [-0.39, 0.29) is 0 Å². The van der Waals surface area contributed by atoms with Gasteiger partial charge in [0.15, 0.2) is 0 Å². The van der Waals surface area contributed by atoms with Gasteiger partial charge in [0, 0.05) is 30.3 Å². The lowest BCUT2D eigenvalue weighted by Gasteiger charge is -2.13. The number of benzene rings is 2. The van der Waals surface area contributed by atoms with E-state index in [0.29, 0.717) is 0 Å². The molecule has 3 heteroatoms. The molecule has 0 saturated carbocycles. The van der Waals surface area contributed by atoms with Crippen molar-refractivity contribution in [3.63, 3.8) is 0 Å². The predicted molar refractivity (Wildman–Crippen MR) is 86.8 cm³/mol. The van der Waals surface area contributed by atoms with E-state index >= 15 is 0 Å². The Balaban J connectivity index is 1.78. The highest BCUT2D eigenvalue weighted by atomic mass is 15.0. The minimum Gasteiger partial charge on any atom is -0.381 e. The Hall–Kier alpha value is -2.55. The maximum atomic E-state index is 4.09. The monoisotopic (exact) mass is 277 g/mol. The number of anilines is 1. The number of aryl methyl sites for hydroxylation is 2. The van der Waals surface area contributed by atoms with Crippen molar-refractivity contribution in [2.75, 3.05) is 5.32 Å². The first kappa shape index (κ1) is 13.4. The lowest BCUT2D eigenvalue weighted by molar-refractivity contribution is 1.05. The molecule has 3 rings (SSSR count). The number of nitrogens with one attached hydrogen (secondary N) is 1. The van der Waals surface area contributed by atoms with Crippen LogP contribution in [0.1, 0.15) is 16.7 Å². The van der Waals surface area contributed by atoms with Gasteiger partial charge < -0.3 is 9.88 Å². The summed E-state index contributed by atoms with van der Waals surface area (Å²) in [6.07, 6.45) is 5.55. The molecule has 1 heterocycles. The maximum Gasteiger partial charge on any atom is 0.0991 e. The maximum absolute atomic E-state index is 4.09. The Labute approximate surface area is 125 Å². The van der Waals surface area contributed by atoms with Crippen LogP contribution in [0.5, 0.6) is 0 Å². The molecular formula is C18H19N3. The molecule has 0 saturated heterocycles. The summed E-state index contributed by atoms with van der Waals surface area (Å²) < 4.78 is 2.00. The molecule has 0 spiro atoms. The molecule has 0 atom stereocenters. The van der Waals surface area contributed by atoms with Crippen LogP contribution in [0, 0.1) is 13.8 Å². The second kappa shape index (κ2) is 5.83. The molecule has 3 nitrogen and oxygen atoms in total. The first-order valence-electron chi connectivity index (χ1n) is 7.11. The summed E-state index contributed by atoms with van der Waals surface area (Å²) in [6.45, 7) is 5.16. The second-order valence-electron chi connectivity index (χ2n) is 5.24. The first-order chi connectivity index (χ1) is 10.2. The van der Waals surface area contributed by atoms with Gasteiger partial charge in [-0.05, 0) is 48.7 Å². The third-order valence-electron chi connectivity index (χ3n) is 3.76. The van der Waals surface area contributed by atoms with Crippen LogP contribution in [0.3, 0.4) is 0 Å². The van der Waals surface area contributed by atoms with Crippen molar-refractivity contribution in [3.8, 4) is 5.69 Å². The van der Waals surface area contributed by atoms with Crippen molar-refractivity contribution >= 4 is 5.69 Å². The molecule has 0 radical (unpaired) electrons. The summed E-state index contributed by atoms with van der Waals surface area (Å²) in [5, 5.41) is 3.51. The fraction of sp³-hybridized carbons (Fsp3) is 0.167. The molecule has 0 unspecified atom stereocenters. The fourth-order valence-corrected chi connectivity index (χ4v) is 2.51. The van der Waals surface area contributed by atoms with Gasteiger partial charge in [-0.15, -0.1) is 0 Å². The molecular weight excluding hydrogens is 258 g/mol. The topological polar surface area (TPSA) is 29.9 Å². The molecule has 0 amide bonds. The van der Waals surface area contributed by atoms with Crippen LogP contribution in [-0.2, 0) is 6.54 Å². The quantitative estimate of drug-likeness (QED) is 0.778. The van der Waals surface area contributed by atoms with Crippen LogP contribution in [0.25, 0.3) is 5.69 Å². The van der Waals surface area contributed by atoms with Gasteiger partial charge in [-0.2, -0.15) is 0 Å². The molecule has 21 heavy (non-hydrogen) atoms. The van der Waals surface area contributed by atoms with Gasteiger partial charge in [0.25, 0.3) is 0 Å². The molecule has 106 valence electrons. The second-order valence-corrected chi connectivity index (χ2v) is 5.24. The van der Waals surface area contributed by atoms with E-state index in [0.717, 1.165) is 17.9 Å². The van der Waals surface area contributed by atoms with E-state index in [1.807, 2.05) is 17.1 Å². The zero-order chi connectivity index (χ0) is 14.7. The average Bonchev–Trinajstić information content (AvgIpc) is 3.01. The van der Waals surface area contributed by atoms with Crippen LogP contribution in [0.15, 0.2) is 61.2 Å². The van der Waals surface area contributed by atoms with Gasteiger partial charge in [0.2, 0.25) is 0 Å². The number of nitrogens with zero attached hydrogens (tertiary/aromatic N) is 2. The Morgan fingerprint density at radius 3 is 2.52 bits per heavy atom. The molecule has 0 aliphatic heterocycles. The van der Waals surface area contributed by atoms with Crippen LogP contribution < -0.4 is 5.32 Å². The third kappa shape index (κ3) is 2.97. The SMILES string of the molecule is Cc1cccc(C)c1CNc1cccc(-n2ccnc2)c1. The Kier molecular flexibility index (Phi) is 3.73. The van der Waals surface area contributed by atoms with Crippen molar-refractivity contribution in [1.29, 1.82) is 0 Å². The van der Waals surface area contributed by atoms with Crippen molar-refractivity contribution in [2.45, 2.75) is 20.4 Å².